The van der Waals surface area contributed by atoms with Gasteiger partial charge in [-0.1, -0.05) is 12.2 Å². The van der Waals surface area contributed by atoms with E-state index in [0.717, 1.165) is 15.9 Å². The number of amides is 2. The molecule has 136 valence electrons. The van der Waals surface area contributed by atoms with E-state index in [4.69, 9.17) is 9.47 Å². The zero-order chi connectivity index (χ0) is 18.4. The molecule has 0 aromatic heterocycles. The second-order valence-corrected chi connectivity index (χ2v) is 7.55. The normalized spacial score (nSPS) is 29.1. The molecule has 26 heavy (non-hydrogen) atoms. The first kappa shape index (κ1) is 17.3. The van der Waals surface area contributed by atoms with E-state index in [0.29, 0.717) is 23.7 Å². The Morgan fingerprint density at radius 2 is 1.88 bits per heavy atom. The minimum atomic E-state index is -0.240. The number of methoxy groups -OCH3 is 1. The quantitative estimate of drug-likeness (QED) is 0.418. The minimum absolute atomic E-state index is 0.182. The van der Waals surface area contributed by atoms with Crippen LogP contribution in [0.5, 0.6) is 11.5 Å². The van der Waals surface area contributed by atoms with Crippen molar-refractivity contribution in [1.29, 1.82) is 0 Å². The highest BCUT2D eigenvalue weighted by Crippen LogP contribution is 2.52. The molecular formula is C19H19BrN2O4. The fourth-order valence-corrected chi connectivity index (χ4v) is 4.80. The maximum atomic E-state index is 12.6. The molecule has 1 aliphatic heterocycles. The van der Waals surface area contributed by atoms with Crippen LogP contribution in [0.2, 0.25) is 0 Å². The van der Waals surface area contributed by atoms with Crippen molar-refractivity contribution in [3.05, 3.63) is 34.3 Å². The highest BCUT2D eigenvalue weighted by Gasteiger charge is 2.59. The van der Waals surface area contributed by atoms with Crippen LogP contribution in [0.15, 0.2) is 33.9 Å². The maximum Gasteiger partial charge on any atom is 0.254 e. The van der Waals surface area contributed by atoms with Crippen LogP contribution in [0.3, 0.4) is 0 Å². The van der Waals surface area contributed by atoms with Gasteiger partial charge in [-0.25, -0.2) is 0 Å². The van der Waals surface area contributed by atoms with E-state index >= 15 is 0 Å². The fraction of sp³-hybridized carbons (Fsp3) is 0.421. The first-order chi connectivity index (χ1) is 12.5. The number of allylic oxidation sites excluding steroid dienone is 2. The summed E-state index contributed by atoms with van der Waals surface area (Å²) >= 11 is 3.46. The molecule has 1 heterocycles. The van der Waals surface area contributed by atoms with Gasteiger partial charge in [0.25, 0.3) is 11.8 Å². The van der Waals surface area contributed by atoms with Crippen LogP contribution < -0.4 is 9.47 Å². The Labute approximate surface area is 160 Å². The molecule has 4 atom stereocenters. The number of halogens is 1. The van der Waals surface area contributed by atoms with Gasteiger partial charge in [-0.2, -0.15) is 10.1 Å². The number of carbonyl (C=O) groups excluding carboxylic acids is 2. The number of carbonyl (C=O) groups is 2. The molecule has 1 saturated carbocycles. The van der Waals surface area contributed by atoms with E-state index in [1.54, 1.807) is 13.2 Å². The maximum absolute atomic E-state index is 12.6. The lowest BCUT2D eigenvalue weighted by Crippen LogP contribution is -2.28. The molecule has 2 aliphatic carbocycles. The average molecular weight is 419 g/mol. The van der Waals surface area contributed by atoms with Crippen LogP contribution in [0.25, 0.3) is 0 Å². The summed E-state index contributed by atoms with van der Waals surface area (Å²) in [6.07, 6.45) is 6.56. The molecule has 4 rings (SSSR count). The van der Waals surface area contributed by atoms with Crippen molar-refractivity contribution < 1.29 is 19.1 Å². The molecular weight excluding hydrogens is 400 g/mol. The summed E-state index contributed by atoms with van der Waals surface area (Å²) in [5.74, 6) is 0.670. The molecule has 3 aliphatic rings. The highest BCUT2D eigenvalue weighted by molar-refractivity contribution is 9.10. The molecule has 7 heteroatoms. The standard InChI is InChI=1S/C19H19BrN2O4/c1-3-26-17-13(20)6-10(7-14(17)25-2)9-21-22-18(23)15-11-4-5-12(8-11)16(15)19(22)24/h4-7,9,11-12,15-16H,3,8H2,1-2H3/b21-9-/t11-,12-,15-,16-/m0/s1. The van der Waals surface area contributed by atoms with Crippen molar-refractivity contribution in [1.82, 2.24) is 5.01 Å². The van der Waals surface area contributed by atoms with Gasteiger partial charge in [-0.05, 0) is 58.8 Å². The molecule has 0 spiro atoms. The Kier molecular flexibility index (Phi) is 4.34. The van der Waals surface area contributed by atoms with Gasteiger partial charge in [-0.3, -0.25) is 9.59 Å². The largest absolute Gasteiger partial charge is 0.493 e. The summed E-state index contributed by atoms with van der Waals surface area (Å²) in [6.45, 7) is 2.41. The molecule has 2 bridgehead atoms. The van der Waals surface area contributed by atoms with Crippen molar-refractivity contribution in [3.63, 3.8) is 0 Å². The fourth-order valence-electron chi connectivity index (χ4n) is 4.22. The Balaban J connectivity index is 1.58. The molecule has 2 amide bonds. The number of nitrogens with zero attached hydrogens (tertiary/aromatic N) is 2. The highest BCUT2D eigenvalue weighted by atomic mass is 79.9. The third kappa shape index (κ3) is 2.57. The van der Waals surface area contributed by atoms with Gasteiger partial charge in [0.05, 0.1) is 36.2 Å². The number of ether oxygens (including phenoxy) is 2. The summed E-state index contributed by atoms with van der Waals surface area (Å²) in [5.41, 5.74) is 0.705. The lowest BCUT2D eigenvalue weighted by Gasteiger charge is -2.13. The SMILES string of the molecule is CCOc1c(Br)cc(/C=N\N2C(=O)[C@@H]3[C@@H](C2=O)[C@H]2C=C[C@H]3C2)cc1OC. The predicted octanol–water partition coefficient (Wildman–Crippen LogP) is 3.00. The van der Waals surface area contributed by atoms with Crippen molar-refractivity contribution in [3.8, 4) is 11.5 Å². The van der Waals surface area contributed by atoms with Gasteiger partial charge in [0, 0.05) is 0 Å². The number of rotatable bonds is 5. The summed E-state index contributed by atoms with van der Waals surface area (Å²) in [7, 11) is 1.56. The summed E-state index contributed by atoms with van der Waals surface area (Å²) in [4.78, 5) is 25.3. The first-order valence-corrected chi connectivity index (χ1v) is 9.45. The molecule has 0 N–H and O–H groups in total. The Morgan fingerprint density at radius 1 is 1.23 bits per heavy atom. The van der Waals surface area contributed by atoms with E-state index in [9.17, 15) is 9.59 Å². The van der Waals surface area contributed by atoms with Crippen LogP contribution >= 0.6 is 15.9 Å². The van der Waals surface area contributed by atoms with Crippen molar-refractivity contribution in [2.24, 2.45) is 28.8 Å². The minimum Gasteiger partial charge on any atom is -0.493 e. The number of imide groups is 1. The second-order valence-electron chi connectivity index (χ2n) is 6.70. The number of fused-ring (bicyclic) bond motifs is 5. The number of hydrazone groups is 1. The van der Waals surface area contributed by atoms with Gasteiger partial charge < -0.3 is 9.47 Å². The van der Waals surface area contributed by atoms with E-state index in [2.05, 4.69) is 33.2 Å². The van der Waals surface area contributed by atoms with Crippen molar-refractivity contribution >= 4 is 34.0 Å². The Morgan fingerprint density at radius 3 is 2.46 bits per heavy atom. The number of hydrogen-bond donors (Lipinski definition) is 0. The topological polar surface area (TPSA) is 68.2 Å². The van der Waals surface area contributed by atoms with Gasteiger partial charge in [0.15, 0.2) is 11.5 Å². The number of hydrogen-bond acceptors (Lipinski definition) is 5. The molecule has 0 radical (unpaired) electrons. The van der Waals surface area contributed by atoms with Crippen molar-refractivity contribution in [2.45, 2.75) is 13.3 Å². The Hall–Kier alpha value is -2.15. The van der Waals surface area contributed by atoms with Crippen LogP contribution in [0, 0.1) is 23.7 Å². The molecule has 1 aromatic rings. The van der Waals surface area contributed by atoms with E-state index in [1.165, 1.54) is 6.21 Å². The third-order valence-corrected chi connectivity index (χ3v) is 5.90. The molecule has 6 nitrogen and oxygen atoms in total. The monoisotopic (exact) mass is 418 g/mol. The molecule has 2 fully saturated rings. The lowest BCUT2D eigenvalue weighted by molar-refractivity contribution is -0.140. The zero-order valence-electron chi connectivity index (χ0n) is 14.5. The third-order valence-electron chi connectivity index (χ3n) is 5.31. The first-order valence-electron chi connectivity index (χ1n) is 8.65. The van der Waals surface area contributed by atoms with Crippen LogP contribution in [-0.2, 0) is 9.59 Å². The van der Waals surface area contributed by atoms with Gasteiger partial charge in [0.2, 0.25) is 0 Å². The van der Waals surface area contributed by atoms with Gasteiger partial charge in [0.1, 0.15) is 0 Å². The molecule has 1 aromatic carbocycles. The van der Waals surface area contributed by atoms with E-state index < -0.39 is 0 Å². The molecule has 1 saturated heterocycles. The Bertz CT molecular complexity index is 805. The zero-order valence-corrected chi connectivity index (χ0v) is 16.1. The lowest BCUT2D eigenvalue weighted by atomic mass is 9.85. The van der Waals surface area contributed by atoms with Crippen LogP contribution in [0.4, 0.5) is 0 Å². The van der Waals surface area contributed by atoms with Crippen molar-refractivity contribution in [2.75, 3.05) is 13.7 Å². The second kappa shape index (κ2) is 6.54. The molecule has 0 unspecified atom stereocenters. The van der Waals surface area contributed by atoms with Crippen LogP contribution in [0.1, 0.15) is 18.9 Å². The van der Waals surface area contributed by atoms with Gasteiger partial charge >= 0.3 is 0 Å². The van der Waals surface area contributed by atoms with E-state index in [-0.39, 0.29) is 35.5 Å². The van der Waals surface area contributed by atoms with E-state index in [1.807, 2.05) is 13.0 Å². The average Bonchev–Trinajstić information content (AvgIpc) is 3.30. The van der Waals surface area contributed by atoms with Gasteiger partial charge in [-0.15, -0.1) is 0 Å². The smallest absolute Gasteiger partial charge is 0.254 e. The van der Waals surface area contributed by atoms with Crippen LogP contribution in [-0.4, -0.2) is 36.8 Å². The summed E-state index contributed by atoms with van der Waals surface area (Å²) < 4.78 is 11.6. The predicted molar refractivity (Wildman–Crippen MR) is 99.0 cm³/mol. The summed E-state index contributed by atoms with van der Waals surface area (Å²) in [5, 5.41) is 5.23. The summed E-state index contributed by atoms with van der Waals surface area (Å²) in [6, 6.07) is 3.57. The number of benzene rings is 1.